The molecule has 122 valence electrons. The summed E-state index contributed by atoms with van der Waals surface area (Å²) in [7, 11) is 0. The maximum atomic E-state index is 6.58. The predicted molar refractivity (Wildman–Crippen MR) is 97.5 cm³/mol. The molecule has 23 heavy (non-hydrogen) atoms. The normalized spacial score (nSPS) is 36.5. The van der Waals surface area contributed by atoms with Crippen LogP contribution in [0.4, 0.5) is 0 Å². The lowest BCUT2D eigenvalue weighted by atomic mass is 9.56. The lowest BCUT2D eigenvalue weighted by molar-refractivity contribution is 0.115. The SMILES string of the molecule is CC1CC2=C(Cl)CCC=C2C2CNC(Cc3ccccc3)C12C. The van der Waals surface area contributed by atoms with Crippen LogP contribution < -0.4 is 5.32 Å². The first-order valence-electron chi connectivity index (χ1n) is 8.96. The Kier molecular flexibility index (Phi) is 3.90. The van der Waals surface area contributed by atoms with E-state index >= 15 is 0 Å². The van der Waals surface area contributed by atoms with Gasteiger partial charge in [-0.05, 0) is 53.7 Å². The van der Waals surface area contributed by atoms with Crippen molar-refractivity contribution in [3.63, 3.8) is 0 Å². The Morgan fingerprint density at radius 1 is 1.26 bits per heavy atom. The van der Waals surface area contributed by atoms with Crippen LogP contribution in [0, 0.1) is 17.3 Å². The molecule has 1 saturated heterocycles. The number of nitrogens with one attached hydrogen (secondary N) is 1. The summed E-state index contributed by atoms with van der Waals surface area (Å²) in [5.74, 6) is 1.28. The van der Waals surface area contributed by atoms with Gasteiger partial charge in [-0.25, -0.2) is 0 Å². The highest BCUT2D eigenvalue weighted by Crippen LogP contribution is 2.56. The first-order chi connectivity index (χ1) is 11.1. The van der Waals surface area contributed by atoms with E-state index in [1.807, 2.05) is 0 Å². The number of fused-ring (bicyclic) bond motifs is 3. The van der Waals surface area contributed by atoms with Gasteiger partial charge in [-0.2, -0.15) is 0 Å². The van der Waals surface area contributed by atoms with E-state index in [4.69, 9.17) is 11.6 Å². The largest absolute Gasteiger partial charge is 0.312 e. The number of allylic oxidation sites excluding steroid dienone is 3. The molecule has 2 fully saturated rings. The van der Waals surface area contributed by atoms with Crippen molar-refractivity contribution in [3.8, 4) is 0 Å². The highest BCUT2D eigenvalue weighted by molar-refractivity contribution is 6.30. The maximum Gasteiger partial charge on any atom is 0.0218 e. The molecule has 2 heteroatoms. The average molecular weight is 328 g/mol. The third-order valence-corrected chi connectivity index (χ3v) is 7.12. The number of halogens is 1. The summed E-state index contributed by atoms with van der Waals surface area (Å²) >= 11 is 6.58. The van der Waals surface area contributed by atoms with Crippen molar-refractivity contribution in [2.45, 2.75) is 45.6 Å². The van der Waals surface area contributed by atoms with Crippen molar-refractivity contribution in [2.24, 2.45) is 17.3 Å². The molecule has 1 N–H and O–H groups in total. The quantitative estimate of drug-likeness (QED) is 0.799. The zero-order chi connectivity index (χ0) is 16.0. The van der Waals surface area contributed by atoms with Crippen molar-refractivity contribution in [1.29, 1.82) is 0 Å². The Hall–Kier alpha value is -1.05. The standard InChI is InChI=1S/C21H26ClN/c1-14-11-17-16(9-6-10-19(17)22)18-13-23-20(21(14,18)2)12-15-7-4-3-5-8-15/h3-5,7-9,14,18,20,23H,6,10-13H2,1-2H3. The van der Waals surface area contributed by atoms with Gasteiger partial charge >= 0.3 is 0 Å². The number of rotatable bonds is 2. The second-order valence-electron chi connectivity index (χ2n) is 7.76. The van der Waals surface area contributed by atoms with Gasteiger partial charge in [0.2, 0.25) is 0 Å². The van der Waals surface area contributed by atoms with Crippen LogP contribution in [-0.4, -0.2) is 12.6 Å². The minimum atomic E-state index is 0.319. The third-order valence-electron chi connectivity index (χ3n) is 6.70. The smallest absolute Gasteiger partial charge is 0.0218 e. The van der Waals surface area contributed by atoms with Crippen molar-refractivity contribution >= 4 is 11.6 Å². The molecule has 1 saturated carbocycles. The van der Waals surface area contributed by atoms with Gasteiger partial charge in [-0.15, -0.1) is 0 Å². The van der Waals surface area contributed by atoms with Gasteiger partial charge in [0.15, 0.2) is 0 Å². The summed E-state index contributed by atoms with van der Waals surface area (Å²) in [5, 5.41) is 4.99. The Labute approximate surface area is 144 Å². The molecule has 0 radical (unpaired) electrons. The average Bonchev–Trinajstić information content (AvgIpc) is 2.89. The van der Waals surface area contributed by atoms with Crippen molar-refractivity contribution < 1.29 is 0 Å². The molecule has 1 aromatic rings. The molecule has 4 rings (SSSR count). The van der Waals surface area contributed by atoms with Gasteiger partial charge < -0.3 is 5.32 Å². The molecule has 1 aliphatic heterocycles. The summed E-state index contributed by atoms with van der Waals surface area (Å²) in [6.45, 7) is 6.04. The van der Waals surface area contributed by atoms with Crippen molar-refractivity contribution in [3.05, 3.63) is 58.1 Å². The molecule has 2 aliphatic carbocycles. The molecule has 1 heterocycles. The van der Waals surface area contributed by atoms with Crippen molar-refractivity contribution in [1.82, 2.24) is 5.32 Å². The molecular weight excluding hydrogens is 302 g/mol. The highest BCUT2D eigenvalue weighted by Gasteiger charge is 2.54. The summed E-state index contributed by atoms with van der Waals surface area (Å²) in [6.07, 6.45) is 6.89. The molecular formula is C21H26ClN. The van der Waals surface area contributed by atoms with Crippen LogP contribution in [0.15, 0.2) is 52.6 Å². The molecule has 4 atom stereocenters. The number of hydrogen-bond acceptors (Lipinski definition) is 1. The Bertz CT molecular complexity index is 660. The summed E-state index contributed by atoms with van der Waals surface area (Å²) in [5.41, 5.74) is 4.79. The van der Waals surface area contributed by atoms with Crippen LogP contribution >= 0.6 is 11.6 Å². The van der Waals surface area contributed by atoms with Gasteiger partial charge in [0.05, 0.1) is 0 Å². The van der Waals surface area contributed by atoms with Gasteiger partial charge in [0.1, 0.15) is 0 Å². The first kappa shape index (κ1) is 15.5. The fourth-order valence-electron chi connectivity index (χ4n) is 5.11. The Balaban J connectivity index is 1.67. The molecule has 0 bridgehead atoms. The van der Waals surface area contributed by atoms with E-state index in [-0.39, 0.29) is 0 Å². The van der Waals surface area contributed by atoms with E-state index in [1.54, 1.807) is 5.57 Å². The molecule has 0 amide bonds. The topological polar surface area (TPSA) is 12.0 Å². The monoisotopic (exact) mass is 327 g/mol. The Morgan fingerprint density at radius 2 is 2.04 bits per heavy atom. The lowest BCUT2D eigenvalue weighted by Crippen LogP contribution is -2.46. The maximum absolute atomic E-state index is 6.58. The van der Waals surface area contributed by atoms with E-state index in [2.05, 4.69) is 55.6 Å². The van der Waals surface area contributed by atoms with Crippen LogP contribution in [0.3, 0.4) is 0 Å². The van der Waals surface area contributed by atoms with Crippen LogP contribution in [0.5, 0.6) is 0 Å². The predicted octanol–water partition coefficient (Wildman–Crippen LogP) is 5.08. The zero-order valence-electron chi connectivity index (χ0n) is 14.1. The van der Waals surface area contributed by atoms with Crippen LogP contribution in [0.2, 0.25) is 0 Å². The van der Waals surface area contributed by atoms with Crippen molar-refractivity contribution in [2.75, 3.05) is 6.54 Å². The van der Waals surface area contributed by atoms with Crippen LogP contribution in [-0.2, 0) is 6.42 Å². The first-order valence-corrected chi connectivity index (χ1v) is 9.33. The second-order valence-corrected chi connectivity index (χ2v) is 8.21. The molecule has 0 spiro atoms. The fourth-order valence-corrected chi connectivity index (χ4v) is 5.40. The second kappa shape index (κ2) is 5.79. The fraction of sp³-hybridized carbons (Fsp3) is 0.524. The van der Waals surface area contributed by atoms with Gasteiger partial charge in [0, 0.05) is 23.5 Å². The van der Waals surface area contributed by atoms with E-state index in [0.29, 0.717) is 23.3 Å². The van der Waals surface area contributed by atoms with E-state index in [0.717, 1.165) is 37.3 Å². The Morgan fingerprint density at radius 3 is 2.83 bits per heavy atom. The van der Waals surface area contributed by atoms with E-state index in [9.17, 15) is 0 Å². The highest BCUT2D eigenvalue weighted by atomic mass is 35.5. The van der Waals surface area contributed by atoms with Crippen LogP contribution in [0.25, 0.3) is 0 Å². The summed E-state index contributed by atoms with van der Waals surface area (Å²) < 4.78 is 0. The third kappa shape index (κ3) is 2.40. The van der Waals surface area contributed by atoms with Gasteiger partial charge in [-0.3, -0.25) is 0 Å². The molecule has 1 nitrogen and oxygen atoms in total. The molecule has 4 unspecified atom stereocenters. The molecule has 3 aliphatic rings. The van der Waals surface area contributed by atoms with Gasteiger partial charge in [-0.1, -0.05) is 61.9 Å². The van der Waals surface area contributed by atoms with Gasteiger partial charge in [0.25, 0.3) is 0 Å². The number of hydrogen-bond donors (Lipinski definition) is 1. The summed E-state index contributed by atoms with van der Waals surface area (Å²) in [6, 6.07) is 11.5. The summed E-state index contributed by atoms with van der Waals surface area (Å²) in [4.78, 5) is 0. The van der Waals surface area contributed by atoms with E-state index < -0.39 is 0 Å². The molecule has 1 aromatic carbocycles. The minimum absolute atomic E-state index is 0.319. The lowest BCUT2D eigenvalue weighted by Gasteiger charge is -2.48. The zero-order valence-corrected chi connectivity index (χ0v) is 14.9. The van der Waals surface area contributed by atoms with Crippen LogP contribution in [0.1, 0.15) is 38.7 Å². The van der Waals surface area contributed by atoms with E-state index in [1.165, 1.54) is 11.1 Å². The molecule has 0 aromatic heterocycles. The minimum Gasteiger partial charge on any atom is -0.312 e. The number of benzene rings is 1.